The topological polar surface area (TPSA) is 58.6 Å². The first-order valence-electron chi connectivity index (χ1n) is 7.43. The van der Waals surface area contributed by atoms with Crippen molar-refractivity contribution < 1.29 is 13.2 Å². The Kier molecular flexibility index (Phi) is 5.62. The number of rotatable bonds is 4. The number of hydrogen-bond acceptors (Lipinski definition) is 4. The molecule has 0 aromatic carbocycles. The normalized spacial score (nSPS) is 28.2. The maximum Gasteiger partial charge on any atom is 0.213 e. The molecular formula is C13H26N2O3S. The third kappa shape index (κ3) is 4.41. The van der Waals surface area contributed by atoms with Crippen LogP contribution >= 0.6 is 0 Å². The zero-order valence-corrected chi connectivity index (χ0v) is 12.6. The second-order valence-corrected chi connectivity index (χ2v) is 7.74. The number of ether oxygens (including phenoxy) is 1. The minimum absolute atomic E-state index is 0.213. The van der Waals surface area contributed by atoms with E-state index in [2.05, 4.69) is 5.32 Å². The molecule has 0 aliphatic carbocycles. The highest BCUT2D eigenvalue weighted by atomic mass is 32.2. The van der Waals surface area contributed by atoms with Crippen molar-refractivity contribution in [1.29, 1.82) is 0 Å². The lowest BCUT2D eigenvalue weighted by Gasteiger charge is -2.33. The van der Waals surface area contributed by atoms with Gasteiger partial charge in [-0.15, -0.1) is 0 Å². The molecule has 5 nitrogen and oxygen atoms in total. The van der Waals surface area contributed by atoms with Crippen molar-refractivity contribution in [3.05, 3.63) is 0 Å². The minimum atomic E-state index is -3.00. The fourth-order valence-corrected chi connectivity index (χ4v) is 4.02. The average molecular weight is 290 g/mol. The Labute approximate surface area is 116 Å². The van der Waals surface area contributed by atoms with E-state index < -0.39 is 10.0 Å². The monoisotopic (exact) mass is 290 g/mol. The summed E-state index contributed by atoms with van der Waals surface area (Å²) < 4.78 is 30.7. The molecule has 1 unspecified atom stereocenters. The Hall–Kier alpha value is -0.170. The molecule has 2 aliphatic heterocycles. The van der Waals surface area contributed by atoms with Crippen molar-refractivity contribution in [2.45, 2.75) is 51.1 Å². The van der Waals surface area contributed by atoms with E-state index in [0.717, 1.165) is 38.9 Å². The van der Waals surface area contributed by atoms with E-state index in [1.807, 2.05) is 0 Å². The number of sulfonamides is 1. The molecule has 112 valence electrons. The van der Waals surface area contributed by atoms with Crippen molar-refractivity contribution in [3.63, 3.8) is 0 Å². The highest BCUT2D eigenvalue weighted by Gasteiger charge is 2.27. The van der Waals surface area contributed by atoms with Gasteiger partial charge in [-0.1, -0.05) is 0 Å². The number of piperidine rings is 1. The van der Waals surface area contributed by atoms with Crippen LogP contribution in [0.2, 0.25) is 0 Å². The SMILES string of the molecule is CCS(=O)(=O)N1CCC(NC2CCCOCC2)CC1. The smallest absolute Gasteiger partial charge is 0.213 e. The first kappa shape index (κ1) is 15.2. The predicted octanol–water partition coefficient (Wildman–Crippen LogP) is 0.959. The van der Waals surface area contributed by atoms with Crippen LogP contribution in [0.4, 0.5) is 0 Å². The maximum atomic E-state index is 11.8. The van der Waals surface area contributed by atoms with Gasteiger partial charge in [0.05, 0.1) is 5.75 Å². The Bertz CT molecular complexity index is 356. The third-order valence-electron chi connectivity index (χ3n) is 4.14. The lowest BCUT2D eigenvalue weighted by molar-refractivity contribution is 0.141. The van der Waals surface area contributed by atoms with Crippen LogP contribution in [-0.2, 0) is 14.8 Å². The van der Waals surface area contributed by atoms with Gasteiger partial charge in [0, 0.05) is 38.4 Å². The van der Waals surface area contributed by atoms with Gasteiger partial charge in [-0.25, -0.2) is 12.7 Å². The van der Waals surface area contributed by atoms with E-state index in [0.29, 0.717) is 25.2 Å². The minimum Gasteiger partial charge on any atom is -0.381 e. The number of hydrogen-bond donors (Lipinski definition) is 1. The van der Waals surface area contributed by atoms with E-state index in [4.69, 9.17) is 4.74 Å². The van der Waals surface area contributed by atoms with Gasteiger partial charge in [0.25, 0.3) is 0 Å². The molecule has 2 fully saturated rings. The number of nitrogens with one attached hydrogen (secondary N) is 1. The fourth-order valence-electron chi connectivity index (χ4n) is 2.89. The van der Waals surface area contributed by atoms with Crippen molar-refractivity contribution in [1.82, 2.24) is 9.62 Å². The van der Waals surface area contributed by atoms with Crippen LogP contribution in [0.5, 0.6) is 0 Å². The first-order chi connectivity index (χ1) is 9.12. The van der Waals surface area contributed by atoms with Gasteiger partial charge in [0.15, 0.2) is 0 Å². The van der Waals surface area contributed by atoms with Gasteiger partial charge in [-0.05, 0) is 39.0 Å². The first-order valence-corrected chi connectivity index (χ1v) is 9.04. The van der Waals surface area contributed by atoms with E-state index in [1.165, 1.54) is 6.42 Å². The van der Waals surface area contributed by atoms with Crippen molar-refractivity contribution in [2.24, 2.45) is 0 Å². The van der Waals surface area contributed by atoms with Crippen molar-refractivity contribution in [3.8, 4) is 0 Å². The van der Waals surface area contributed by atoms with E-state index in [-0.39, 0.29) is 5.75 Å². The molecule has 2 heterocycles. The van der Waals surface area contributed by atoms with Crippen LogP contribution in [0.25, 0.3) is 0 Å². The fraction of sp³-hybridized carbons (Fsp3) is 1.00. The van der Waals surface area contributed by atoms with Gasteiger partial charge in [0.1, 0.15) is 0 Å². The van der Waals surface area contributed by atoms with Gasteiger partial charge in [0.2, 0.25) is 10.0 Å². The molecule has 6 heteroatoms. The van der Waals surface area contributed by atoms with Crippen molar-refractivity contribution in [2.75, 3.05) is 32.1 Å². The Balaban J connectivity index is 1.77. The van der Waals surface area contributed by atoms with E-state index in [9.17, 15) is 8.42 Å². The Morgan fingerprint density at radius 1 is 1.11 bits per heavy atom. The average Bonchev–Trinajstić information content (AvgIpc) is 2.68. The molecule has 2 aliphatic rings. The van der Waals surface area contributed by atoms with Crippen LogP contribution in [0.1, 0.15) is 39.0 Å². The summed E-state index contributed by atoms with van der Waals surface area (Å²) in [6.45, 7) is 4.77. The van der Waals surface area contributed by atoms with Gasteiger partial charge in [-0.2, -0.15) is 0 Å². The lowest BCUT2D eigenvalue weighted by atomic mass is 10.0. The Morgan fingerprint density at radius 2 is 1.79 bits per heavy atom. The molecule has 0 radical (unpaired) electrons. The summed E-state index contributed by atoms with van der Waals surface area (Å²) >= 11 is 0. The zero-order chi connectivity index (χ0) is 13.7. The van der Waals surface area contributed by atoms with E-state index in [1.54, 1.807) is 11.2 Å². The third-order valence-corrected chi connectivity index (χ3v) is 6.02. The molecule has 19 heavy (non-hydrogen) atoms. The summed E-state index contributed by atoms with van der Waals surface area (Å²) in [7, 11) is -3.00. The largest absolute Gasteiger partial charge is 0.381 e. The predicted molar refractivity (Wildman–Crippen MR) is 75.6 cm³/mol. The second-order valence-electron chi connectivity index (χ2n) is 5.48. The summed E-state index contributed by atoms with van der Waals surface area (Å²) in [5.74, 6) is 0.213. The van der Waals surface area contributed by atoms with Crippen LogP contribution in [0, 0.1) is 0 Å². The lowest BCUT2D eigenvalue weighted by Crippen LogP contribution is -2.48. The van der Waals surface area contributed by atoms with Crippen molar-refractivity contribution >= 4 is 10.0 Å². The summed E-state index contributed by atoms with van der Waals surface area (Å²) in [6.07, 6.45) is 5.23. The highest BCUT2D eigenvalue weighted by Crippen LogP contribution is 2.17. The van der Waals surface area contributed by atoms with Crippen LogP contribution in [0.3, 0.4) is 0 Å². The molecule has 0 saturated carbocycles. The molecule has 1 atom stereocenters. The highest BCUT2D eigenvalue weighted by molar-refractivity contribution is 7.89. The molecule has 1 N–H and O–H groups in total. The molecule has 2 saturated heterocycles. The standard InChI is InChI=1S/C13H26N2O3S/c1-2-19(16,17)15-8-5-13(6-9-15)14-12-4-3-10-18-11-7-12/h12-14H,2-11H2,1H3. The van der Waals surface area contributed by atoms with Gasteiger partial charge in [-0.3, -0.25) is 0 Å². The molecule has 0 aromatic rings. The van der Waals surface area contributed by atoms with Gasteiger partial charge < -0.3 is 10.1 Å². The van der Waals surface area contributed by atoms with Crippen LogP contribution < -0.4 is 5.32 Å². The van der Waals surface area contributed by atoms with Crippen LogP contribution in [-0.4, -0.2) is 56.9 Å². The molecule has 0 bridgehead atoms. The maximum absolute atomic E-state index is 11.8. The molecule has 0 amide bonds. The van der Waals surface area contributed by atoms with Crippen LogP contribution in [0.15, 0.2) is 0 Å². The summed E-state index contributed by atoms with van der Waals surface area (Å²) in [5.41, 5.74) is 0. The summed E-state index contributed by atoms with van der Waals surface area (Å²) in [5, 5.41) is 3.69. The summed E-state index contributed by atoms with van der Waals surface area (Å²) in [6, 6.07) is 1.01. The molecule has 0 spiro atoms. The Morgan fingerprint density at radius 3 is 2.47 bits per heavy atom. The molecule has 0 aromatic heterocycles. The quantitative estimate of drug-likeness (QED) is 0.838. The summed E-state index contributed by atoms with van der Waals surface area (Å²) in [4.78, 5) is 0. The zero-order valence-electron chi connectivity index (χ0n) is 11.8. The molecular weight excluding hydrogens is 264 g/mol. The van der Waals surface area contributed by atoms with Gasteiger partial charge >= 0.3 is 0 Å². The molecule has 2 rings (SSSR count). The number of nitrogens with zero attached hydrogens (tertiary/aromatic N) is 1. The van der Waals surface area contributed by atoms with E-state index >= 15 is 0 Å². The second kappa shape index (κ2) is 7.02.